The first kappa shape index (κ1) is 14.3. The molecule has 1 rings (SSSR count). The van der Waals surface area contributed by atoms with E-state index in [0.717, 1.165) is 23.8 Å². The van der Waals surface area contributed by atoms with Crippen LogP contribution in [-0.4, -0.2) is 22.2 Å². The molecule has 18 heavy (non-hydrogen) atoms. The van der Waals surface area contributed by atoms with Crippen molar-refractivity contribution in [2.24, 2.45) is 0 Å². The molecule has 0 saturated carbocycles. The lowest BCUT2D eigenvalue weighted by atomic mass is 10.3. The van der Waals surface area contributed by atoms with Gasteiger partial charge in [0.2, 0.25) is 0 Å². The molecule has 0 bridgehead atoms. The number of carboxylic acid groups (broad SMARTS) is 1. The minimum atomic E-state index is -1.04. The van der Waals surface area contributed by atoms with Crippen LogP contribution in [0.2, 0.25) is 0 Å². The average Bonchev–Trinajstić information content (AvgIpc) is 2.35. The number of aromatic nitrogens is 1. The van der Waals surface area contributed by atoms with Gasteiger partial charge in [-0.15, -0.1) is 0 Å². The molecule has 0 spiro atoms. The summed E-state index contributed by atoms with van der Waals surface area (Å²) < 4.78 is 6.55. The van der Waals surface area contributed by atoms with Gasteiger partial charge >= 0.3 is 5.97 Å². The summed E-state index contributed by atoms with van der Waals surface area (Å²) >= 11 is 0. The minimum Gasteiger partial charge on any atom is -0.488 e. The van der Waals surface area contributed by atoms with Crippen LogP contribution < -0.4 is 10.3 Å². The van der Waals surface area contributed by atoms with E-state index in [1.165, 1.54) is 13.1 Å². The Labute approximate surface area is 106 Å². The molecule has 0 aliphatic carbocycles. The quantitative estimate of drug-likeness (QED) is 0.755. The zero-order valence-corrected chi connectivity index (χ0v) is 10.8. The molecule has 1 unspecified atom stereocenters. The summed E-state index contributed by atoms with van der Waals surface area (Å²) in [5.41, 5.74) is -0.399. The van der Waals surface area contributed by atoms with Crippen molar-refractivity contribution in [3.8, 4) is 5.75 Å². The maximum atomic E-state index is 12.0. The number of nitrogens with zero attached hydrogens (tertiary/aromatic N) is 1. The number of hydrogen-bond donors (Lipinski definition) is 1. The van der Waals surface area contributed by atoms with E-state index in [9.17, 15) is 9.59 Å². The molecule has 1 aromatic rings. The molecule has 100 valence electrons. The fourth-order valence-corrected chi connectivity index (χ4v) is 1.56. The number of aliphatic carboxylic acids is 1. The molecule has 1 aromatic heterocycles. The van der Waals surface area contributed by atoms with Gasteiger partial charge in [-0.05, 0) is 25.5 Å². The second-order valence-corrected chi connectivity index (χ2v) is 4.15. The van der Waals surface area contributed by atoms with Crippen molar-refractivity contribution < 1.29 is 14.6 Å². The number of carboxylic acids is 1. The monoisotopic (exact) mass is 253 g/mol. The van der Waals surface area contributed by atoms with Crippen molar-refractivity contribution in [1.29, 1.82) is 0 Å². The fourth-order valence-electron chi connectivity index (χ4n) is 1.56. The highest BCUT2D eigenvalue weighted by Crippen LogP contribution is 2.08. The average molecular weight is 253 g/mol. The fraction of sp³-hybridized carbons (Fsp3) is 0.538. The SMILES string of the molecule is CCCCCOc1cccn(C(C)C(=O)O)c1=O. The van der Waals surface area contributed by atoms with Crippen molar-refractivity contribution in [2.45, 2.75) is 39.2 Å². The summed E-state index contributed by atoms with van der Waals surface area (Å²) in [6.45, 7) is 4.03. The lowest BCUT2D eigenvalue weighted by molar-refractivity contribution is -0.140. The number of unbranched alkanes of at least 4 members (excludes halogenated alkanes) is 2. The second-order valence-electron chi connectivity index (χ2n) is 4.15. The highest BCUT2D eigenvalue weighted by molar-refractivity contribution is 5.71. The van der Waals surface area contributed by atoms with Gasteiger partial charge in [-0.2, -0.15) is 0 Å². The first-order valence-corrected chi connectivity index (χ1v) is 6.14. The van der Waals surface area contributed by atoms with Gasteiger partial charge in [0, 0.05) is 6.20 Å². The molecule has 5 nitrogen and oxygen atoms in total. The number of hydrogen-bond acceptors (Lipinski definition) is 3. The highest BCUT2D eigenvalue weighted by atomic mass is 16.5. The molecule has 0 aliphatic heterocycles. The molecule has 0 saturated heterocycles. The lowest BCUT2D eigenvalue weighted by Crippen LogP contribution is -2.28. The zero-order chi connectivity index (χ0) is 13.5. The van der Waals surface area contributed by atoms with Crippen molar-refractivity contribution >= 4 is 5.97 Å². The van der Waals surface area contributed by atoms with Crippen LogP contribution >= 0.6 is 0 Å². The number of pyridine rings is 1. The van der Waals surface area contributed by atoms with E-state index in [1.807, 2.05) is 0 Å². The Bertz CT molecular complexity index is 453. The van der Waals surface area contributed by atoms with Crippen molar-refractivity contribution in [3.63, 3.8) is 0 Å². The number of rotatable bonds is 7. The van der Waals surface area contributed by atoms with E-state index in [2.05, 4.69) is 6.92 Å². The minimum absolute atomic E-state index is 0.210. The standard InChI is InChI=1S/C13H19NO4/c1-3-4-5-9-18-11-7-6-8-14(12(11)15)10(2)13(16)17/h6-8,10H,3-5,9H2,1-2H3,(H,16,17). The molecule has 1 heterocycles. The Morgan fingerprint density at radius 3 is 2.83 bits per heavy atom. The predicted octanol–water partition coefficient (Wildman–Crippen LogP) is 2.06. The van der Waals surface area contributed by atoms with E-state index in [-0.39, 0.29) is 5.75 Å². The van der Waals surface area contributed by atoms with E-state index in [0.29, 0.717) is 6.61 Å². The van der Waals surface area contributed by atoms with Gasteiger partial charge in [0.1, 0.15) is 6.04 Å². The van der Waals surface area contributed by atoms with Crippen LogP contribution in [0.25, 0.3) is 0 Å². The molecule has 1 atom stereocenters. The molecule has 0 amide bonds. The Hall–Kier alpha value is -1.78. The van der Waals surface area contributed by atoms with Gasteiger partial charge in [0.15, 0.2) is 5.75 Å². The summed E-state index contributed by atoms with van der Waals surface area (Å²) in [7, 11) is 0. The van der Waals surface area contributed by atoms with Crippen molar-refractivity contribution in [3.05, 3.63) is 28.7 Å². The van der Waals surface area contributed by atoms with Gasteiger partial charge in [-0.3, -0.25) is 9.36 Å². The molecular weight excluding hydrogens is 234 g/mol. The summed E-state index contributed by atoms with van der Waals surface area (Å²) in [5.74, 6) is -0.832. The molecule has 1 N–H and O–H groups in total. The Balaban J connectivity index is 2.79. The van der Waals surface area contributed by atoms with Gasteiger partial charge < -0.3 is 9.84 Å². The van der Waals surface area contributed by atoms with Crippen LogP contribution in [0.5, 0.6) is 5.75 Å². The summed E-state index contributed by atoms with van der Waals surface area (Å²) in [5, 5.41) is 8.90. The van der Waals surface area contributed by atoms with Gasteiger partial charge in [-0.25, -0.2) is 4.79 Å². The van der Waals surface area contributed by atoms with Crippen LogP contribution in [-0.2, 0) is 4.79 Å². The van der Waals surface area contributed by atoms with Crippen molar-refractivity contribution in [2.75, 3.05) is 6.61 Å². The molecular formula is C13H19NO4. The molecule has 0 fully saturated rings. The van der Waals surface area contributed by atoms with E-state index >= 15 is 0 Å². The number of ether oxygens (including phenoxy) is 1. The normalized spacial score (nSPS) is 12.1. The first-order valence-electron chi connectivity index (χ1n) is 6.14. The Morgan fingerprint density at radius 2 is 2.22 bits per heavy atom. The molecule has 0 radical (unpaired) electrons. The molecule has 5 heteroatoms. The third kappa shape index (κ3) is 3.61. The predicted molar refractivity (Wildman–Crippen MR) is 68.1 cm³/mol. The summed E-state index contributed by atoms with van der Waals surface area (Å²) in [6.07, 6.45) is 4.48. The highest BCUT2D eigenvalue weighted by Gasteiger charge is 2.16. The van der Waals surface area contributed by atoms with Crippen LogP contribution in [0.3, 0.4) is 0 Å². The lowest BCUT2D eigenvalue weighted by Gasteiger charge is -2.12. The van der Waals surface area contributed by atoms with Crippen LogP contribution in [0.1, 0.15) is 39.2 Å². The maximum Gasteiger partial charge on any atom is 0.326 e. The van der Waals surface area contributed by atoms with Gasteiger partial charge in [0.25, 0.3) is 5.56 Å². The van der Waals surface area contributed by atoms with E-state index < -0.39 is 17.6 Å². The van der Waals surface area contributed by atoms with Crippen molar-refractivity contribution in [1.82, 2.24) is 4.57 Å². The summed E-state index contributed by atoms with van der Waals surface area (Å²) in [4.78, 5) is 22.8. The van der Waals surface area contributed by atoms with E-state index in [4.69, 9.17) is 9.84 Å². The topological polar surface area (TPSA) is 68.5 Å². The van der Waals surface area contributed by atoms with E-state index in [1.54, 1.807) is 12.1 Å². The second kappa shape index (κ2) is 6.83. The maximum absolute atomic E-state index is 12.0. The number of carbonyl (C=O) groups is 1. The van der Waals surface area contributed by atoms with Gasteiger partial charge in [0.05, 0.1) is 6.61 Å². The Kier molecular flexibility index (Phi) is 5.42. The summed E-state index contributed by atoms with van der Waals surface area (Å²) in [6, 6.07) is 2.30. The smallest absolute Gasteiger partial charge is 0.326 e. The third-order valence-corrected chi connectivity index (χ3v) is 2.72. The Morgan fingerprint density at radius 1 is 1.50 bits per heavy atom. The van der Waals surface area contributed by atoms with Crippen LogP contribution in [0.15, 0.2) is 23.1 Å². The zero-order valence-electron chi connectivity index (χ0n) is 10.8. The largest absolute Gasteiger partial charge is 0.488 e. The van der Waals surface area contributed by atoms with Crippen LogP contribution in [0.4, 0.5) is 0 Å². The van der Waals surface area contributed by atoms with Gasteiger partial charge in [-0.1, -0.05) is 19.8 Å². The molecule has 0 aliphatic rings. The third-order valence-electron chi connectivity index (χ3n) is 2.72. The molecule has 0 aromatic carbocycles. The van der Waals surface area contributed by atoms with Crippen LogP contribution in [0, 0.1) is 0 Å². The first-order chi connectivity index (χ1) is 8.57.